The topological polar surface area (TPSA) is 42.0 Å². The Morgan fingerprint density at radius 2 is 2.05 bits per heavy atom. The van der Waals surface area contributed by atoms with Crippen LogP contribution >= 0.6 is 23.2 Å². The Hall–Kier alpha value is -1.39. The summed E-state index contributed by atoms with van der Waals surface area (Å²) < 4.78 is 13.9. The van der Waals surface area contributed by atoms with Crippen molar-refractivity contribution in [3.8, 4) is 0 Å². The van der Waals surface area contributed by atoms with E-state index in [1.165, 1.54) is 0 Å². The van der Waals surface area contributed by atoms with Gasteiger partial charge in [0, 0.05) is 21.5 Å². The van der Waals surface area contributed by atoms with Crippen LogP contribution in [-0.4, -0.2) is 16.4 Å². The predicted octanol–water partition coefficient (Wildman–Crippen LogP) is 3.75. The van der Waals surface area contributed by atoms with Gasteiger partial charge >= 0.3 is 0 Å². The average molecular weight is 313 g/mol. The molecule has 0 atom stereocenters. The molecular weight excluding hydrogens is 302 g/mol. The molecule has 0 radical (unpaired) electrons. The highest BCUT2D eigenvalue weighted by atomic mass is 35.5. The molecule has 0 spiro atoms. The molecule has 1 aliphatic heterocycles. The van der Waals surface area contributed by atoms with E-state index in [9.17, 15) is 9.18 Å². The Kier molecular flexibility index (Phi) is 2.92. The van der Waals surface area contributed by atoms with Crippen LogP contribution in [0.1, 0.15) is 29.8 Å². The second kappa shape index (κ2) is 4.30. The number of aromatic nitrogens is 1. The lowest BCUT2D eigenvalue weighted by molar-refractivity contribution is 0.0899. The van der Waals surface area contributed by atoms with Crippen molar-refractivity contribution in [1.82, 2.24) is 10.3 Å². The molecule has 3 nitrogen and oxygen atoms in total. The number of carbonyl (C=O) groups is 1. The molecule has 0 aliphatic carbocycles. The lowest BCUT2D eigenvalue weighted by atomic mass is 9.86. The van der Waals surface area contributed by atoms with Gasteiger partial charge in [0.05, 0.1) is 5.56 Å². The number of fused-ring (bicyclic) bond motifs is 3. The molecule has 0 fully saturated rings. The summed E-state index contributed by atoms with van der Waals surface area (Å²) in [5.41, 5.74) is 0.642. The maximum absolute atomic E-state index is 13.9. The van der Waals surface area contributed by atoms with E-state index in [4.69, 9.17) is 23.2 Å². The van der Waals surface area contributed by atoms with Gasteiger partial charge in [0.2, 0.25) is 0 Å². The van der Waals surface area contributed by atoms with Crippen LogP contribution in [0.4, 0.5) is 4.39 Å². The molecule has 20 heavy (non-hydrogen) atoms. The van der Waals surface area contributed by atoms with Crippen molar-refractivity contribution in [1.29, 1.82) is 0 Å². The zero-order chi connectivity index (χ0) is 14.7. The van der Waals surface area contributed by atoms with Crippen molar-refractivity contribution in [3.05, 3.63) is 39.3 Å². The first kappa shape index (κ1) is 13.6. The smallest absolute Gasteiger partial charge is 0.252 e. The predicted molar refractivity (Wildman–Crippen MR) is 77.0 cm³/mol. The van der Waals surface area contributed by atoms with Crippen LogP contribution in [0.3, 0.4) is 0 Å². The van der Waals surface area contributed by atoms with Crippen LogP contribution in [0.15, 0.2) is 12.1 Å². The molecule has 1 amide bonds. The van der Waals surface area contributed by atoms with Gasteiger partial charge in [0.15, 0.2) is 5.82 Å². The van der Waals surface area contributed by atoms with Crippen LogP contribution < -0.4 is 5.32 Å². The zero-order valence-electron chi connectivity index (χ0n) is 10.9. The first-order valence-corrected chi connectivity index (χ1v) is 6.84. The molecule has 0 bridgehead atoms. The van der Waals surface area contributed by atoms with Crippen LogP contribution in [0, 0.1) is 5.82 Å². The number of benzene rings is 1. The van der Waals surface area contributed by atoms with E-state index in [0.717, 1.165) is 6.07 Å². The van der Waals surface area contributed by atoms with Gasteiger partial charge in [0.25, 0.3) is 5.91 Å². The lowest BCUT2D eigenvalue weighted by Gasteiger charge is -2.33. The van der Waals surface area contributed by atoms with Crippen molar-refractivity contribution in [2.75, 3.05) is 0 Å². The zero-order valence-corrected chi connectivity index (χ0v) is 12.4. The van der Waals surface area contributed by atoms with E-state index in [1.54, 1.807) is 6.07 Å². The fourth-order valence-electron chi connectivity index (χ4n) is 2.58. The Labute approximate surface area is 125 Å². The van der Waals surface area contributed by atoms with Crippen LogP contribution in [0.5, 0.6) is 0 Å². The number of carbonyl (C=O) groups excluding carboxylic acids is 1. The fourth-order valence-corrected chi connectivity index (χ4v) is 3.03. The van der Waals surface area contributed by atoms with Crippen molar-refractivity contribution in [2.45, 2.75) is 25.8 Å². The Morgan fingerprint density at radius 3 is 2.75 bits per heavy atom. The van der Waals surface area contributed by atoms with Gasteiger partial charge in [-0.25, -0.2) is 9.37 Å². The molecule has 1 aromatic heterocycles. The second-order valence-electron chi connectivity index (χ2n) is 5.55. The first-order chi connectivity index (χ1) is 9.28. The molecule has 2 aromatic rings. The van der Waals surface area contributed by atoms with Crippen molar-refractivity contribution in [3.63, 3.8) is 0 Å². The van der Waals surface area contributed by atoms with Crippen molar-refractivity contribution < 1.29 is 9.18 Å². The minimum atomic E-state index is -0.588. The molecule has 0 saturated heterocycles. The minimum absolute atomic E-state index is 0.0630. The Bertz CT molecular complexity index is 759. The van der Waals surface area contributed by atoms with Gasteiger partial charge in [-0.1, -0.05) is 23.2 Å². The van der Waals surface area contributed by atoms with Crippen LogP contribution in [0.25, 0.3) is 10.9 Å². The van der Waals surface area contributed by atoms with Gasteiger partial charge in [0.1, 0.15) is 10.7 Å². The molecule has 2 heterocycles. The number of hydrogen-bond acceptors (Lipinski definition) is 2. The molecule has 104 valence electrons. The van der Waals surface area contributed by atoms with Gasteiger partial charge < -0.3 is 5.32 Å². The van der Waals surface area contributed by atoms with Gasteiger partial charge in [-0.2, -0.15) is 0 Å². The van der Waals surface area contributed by atoms with E-state index < -0.39 is 11.4 Å². The van der Waals surface area contributed by atoms with E-state index in [-0.39, 0.29) is 21.6 Å². The summed E-state index contributed by atoms with van der Waals surface area (Å²) in [5.74, 6) is -0.873. The summed E-state index contributed by atoms with van der Waals surface area (Å²) in [5, 5.41) is 3.66. The number of halogens is 3. The number of amides is 1. The van der Waals surface area contributed by atoms with Crippen molar-refractivity contribution >= 4 is 40.0 Å². The third-order valence-electron chi connectivity index (χ3n) is 3.36. The highest BCUT2D eigenvalue weighted by molar-refractivity contribution is 6.33. The summed E-state index contributed by atoms with van der Waals surface area (Å²) in [6.07, 6.45) is 0.532. The summed E-state index contributed by atoms with van der Waals surface area (Å²) in [6.45, 7) is 3.79. The Balaban J connectivity index is 2.42. The number of hydrogen-bond donors (Lipinski definition) is 1. The number of pyridine rings is 1. The largest absolute Gasteiger partial charge is 0.347 e. The lowest BCUT2D eigenvalue weighted by Crippen LogP contribution is -2.49. The second-order valence-corrected chi connectivity index (χ2v) is 6.35. The standard InChI is InChI=1S/C14H11Cl2FN2O/c1-14(2)5-8-10(13(20)19-14)7-3-6(15)4-9(17)11(7)18-12(8)16/h3-4H,5H2,1-2H3,(H,19,20). The first-order valence-electron chi connectivity index (χ1n) is 6.08. The highest BCUT2D eigenvalue weighted by Crippen LogP contribution is 2.35. The molecular formula is C14H11Cl2FN2O. The van der Waals surface area contributed by atoms with E-state index in [2.05, 4.69) is 10.3 Å². The highest BCUT2D eigenvalue weighted by Gasteiger charge is 2.34. The maximum atomic E-state index is 13.9. The summed E-state index contributed by atoms with van der Waals surface area (Å²) >= 11 is 12.0. The molecule has 3 rings (SSSR count). The van der Waals surface area contributed by atoms with Gasteiger partial charge in [-0.05, 0) is 32.4 Å². The number of nitrogens with zero attached hydrogens (tertiary/aromatic N) is 1. The van der Waals surface area contributed by atoms with E-state index >= 15 is 0 Å². The SMILES string of the molecule is CC1(C)Cc2c(Cl)nc3c(F)cc(Cl)cc3c2C(=O)N1. The third-order valence-corrected chi connectivity index (χ3v) is 3.89. The minimum Gasteiger partial charge on any atom is -0.347 e. The summed E-state index contributed by atoms with van der Waals surface area (Å²) in [7, 11) is 0. The fraction of sp³-hybridized carbons (Fsp3) is 0.286. The molecule has 0 unspecified atom stereocenters. The van der Waals surface area contributed by atoms with E-state index in [0.29, 0.717) is 22.9 Å². The third kappa shape index (κ3) is 2.03. The molecule has 6 heteroatoms. The van der Waals surface area contributed by atoms with Crippen LogP contribution in [0.2, 0.25) is 10.2 Å². The molecule has 1 aliphatic rings. The maximum Gasteiger partial charge on any atom is 0.252 e. The number of nitrogens with one attached hydrogen (secondary N) is 1. The van der Waals surface area contributed by atoms with E-state index in [1.807, 2.05) is 13.8 Å². The normalized spacial score (nSPS) is 16.9. The Morgan fingerprint density at radius 1 is 1.35 bits per heavy atom. The quantitative estimate of drug-likeness (QED) is 0.753. The van der Waals surface area contributed by atoms with Gasteiger partial charge in [-0.3, -0.25) is 4.79 Å². The summed E-state index contributed by atoms with van der Waals surface area (Å²) in [6, 6.07) is 2.70. The molecule has 1 aromatic carbocycles. The number of rotatable bonds is 0. The molecule has 1 N–H and O–H groups in total. The average Bonchev–Trinajstić information content (AvgIpc) is 2.29. The van der Waals surface area contributed by atoms with Crippen LogP contribution in [-0.2, 0) is 6.42 Å². The molecule has 0 saturated carbocycles. The summed E-state index contributed by atoms with van der Waals surface area (Å²) in [4.78, 5) is 16.4. The monoisotopic (exact) mass is 312 g/mol. The van der Waals surface area contributed by atoms with Gasteiger partial charge in [-0.15, -0.1) is 0 Å². The van der Waals surface area contributed by atoms with Crippen molar-refractivity contribution in [2.24, 2.45) is 0 Å².